The molecule has 1 amide bonds. The highest BCUT2D eigenvalue weighted by Crippen LogP contribution is 2.33. The number of hydrogen-bond acceptors (Lipinski definition) is 5. The first-order valence-corrected chi connectivity index (χ1v) is 11.1. The summed E-state index contributed by atoms with van der Waals surface area (Å²) in [5.41, 5.74) is 0.801. The SMILES string of the molecule is CCCCNC(=O)CN(Cc1ccccc1)S(=O)(=O)c1ccc2c(c1)OCCO2. The molecule has 0 radical (unpaired) electrons. The molecule has 0 aliphatic carbocycles. The van der Waals surface area contributed by atoms with Crippen molar-refractivity contribution in [2.45, 2.75) is 31.2 Å². The van der Waals surface area contributed by atoms with E-state index in [2.05, 4.69) is 5.32 Å². The first-order valence-electron chi connectivity index (χ1n) is 9.71. The molecule has 0 fully saturated rings. The van der Waals surface area contributed by atoms with Crippen molar-refractivity contribution in [3.8, 4) is 11.5 Å². The van der Waals surface area contributed by atoms with Crippen molar-refractivity contribution >= 4 is 15.9 Å². The monoisotopic (exact) mass is 418 g/mol. The fourth-order valence-electron chi connectivity index (χ4n) is 2.97. The van der Waals surface area contributed by atoms with E-state index >= 15 is 0 Å². The van der Waals surface area contributed by atoms with Gasteiger partial charge >= 0.3 is 0 Å². The topological polar surface area (TPSA) is 84.9 Å². The standard InChI is InChI=1S/C21H26N2O5S/c1-2-3-11-22-21(24)16-23(15-17-7-5-4-6-8-17)29(25,26)18-9-10-19-20(14-18)28-13-12-27-19/h4-10,14H,2-3,11-13,15-16H2,1H3,(H,22,24). The summed E-state index contributed by atoms with van der Waals surface area (Å²) < 4.78 is 38.9. The van der Waals surface area contributed by atoms with Gasteiger partial charge in [-0.15, -0.1) is 0 Å². The molecule has 1 aliphatic heterocycles. The van der Waals surface area contributed by atoms with Crippen molar-refractivity contribution in [1.82, 2.24) is 9.62 Å². The number of hydrogen-bond donors (Lipinski definition) is 1. The quantitative estimate of drug-likeness (QED) is 0.633. The minimum Gasteiger partial charge on any atom is -0.486 e. The maximum Gasteiger partial charge on any atom is 0.243 e. The second kappa shape index (κ2) is 9.76. The maximum absolute atomic E-state index is 13.3. The van der Waals surface area contributed by atoms with Crippen LogP contribution in [0.25, 0.3) is 0 Å². The average molecular weight is 419 g/mol. The van der Waals surface area contributed by atoms with Gasteiger partial charge in [-0.05, 0) is 24.1 Å². The van der Waals surface area contributed by atoms with Crippen molar-refractivity contribution in [1.29, 1.82) is 0 Å². The summed E-state index contributed by atoms with van der Waals surface area (Å²) in [6.07, 6.45) is 1.79. The first-order chi connectivity index (χ1) is 14.0. The van der Waals surface area contributed by atoms with Gasteiger partial charge in [-0.25, -0.2) is 8.42 Å². The van der Waals surface area contributed by atoms with E-state index in [4.69, 9.17) is 9.47 Å². The van der Waals surface area contributed by atoms with E-state index in [1.807, 2.05) is 37.3 Å². The van der Waals surface area contributed by atoms with Crippen LogP contribution in [-0.2, 0) is 21.4 Å². The van der Waals surface area contributed by atoms with Crippen LogP contribution in [-0.4, -0.2) is 44.9 Å². The van der Waals surface area contributed by atoms with Gasteiger partial charge in [0, 0.05) is 19.2 Å². The largest absolute Gasteiger partial charge is 0.486 e. The van der Waals surface area contributed by atoms with Crippen LogP contribution in [0, 0.1) is 0 Å². The molecule has 156 valence electrons. The van der Waals surface area contributed by atoms with Crippen LogP contribution in [0.15, 0.2) is 53.4 Å². The van der Waals surface area contributed by atoms with Gasteiger partial charge in [0.2, 0.25) is 15.9 Å². The van der Waals surface area contributed by atoms with Gasteiger partial charge in [0.25, 0.3) is 0 Å². The van der Waals surface area contributed by atoms with Crippen LogP contribution < -0.4 is 14.8 Å². The molecule has 2 aromatic carbocycles. The molecule has 7 nitrogen and oxygen atoms in total. The number of nitrogens with zero attached hydrogens (tertiary/aromatic N) is 1. The van der Waals surface area contributed by atoms with Crippen molar-refractivity contribution in [3.63, 3.8) is 0 Å². The first kappa shape index (κ1) is 21.1. The third-order valence-corrected chi connectivity index (χ3v) is 6.31. The number of nitrogens with one attached hydrogen (secondary N) is 1. The Morgan fingerprint density at radius 2 is 1.79 bits per heavy atom. The van der Waals surface area contributed by atoms with Gasteiger partial charge < -0.3 is 14.8 Å². The Balaban J connectivity index is 1.85. The second-order valence-corrected chi connectivity index (χ2v) is 8.71. The number of rotatable bonds is 9. The predicted octanol–water partition coefficient (Wildman–Crippen LogP) is 2.57. The number of unbranched alkanes of at least 4 members (excludes halogenated alkanes) is 1. The molecule has 0 bridgehead atoms. The smallest absolute Gasteiger partial charge is 0.243 e. The molecule has 1 N–H and O–H groups in total. The van der Waals surface area contributed by atoms with Crippen LogP contribution in [0.3, 0.4) is 0 Å². The Kier molecular flexibility index (Phi) is 7.11. The highest BCUT2D eigenvalue weighted by molar-refractivity contribution is 7.89. The lowest BCUT2D eigenvalue weighted by Crippen LogP contribution is -2.40. The zero-order chi connectivity index (χ0) is 20.7. The van der Waals surface area contributed by atoms with Gasteiger partial charge in [-0.1, -0.05) is 43.7 Å². The van der Waals surface area contributed by atoms with E-state index in [-0.39, 0.29) is 23.9 Å². The minimum atomic E-state index is -3.92. The number of fused-ring (bicyclic) bond motifs is 1. The summed E-state index contributed by atoms with van der Waals surface area (Å²) in [4.78, 5) is 12.4. The summed E-state index contributed by atoms with van der Waals surface area (Å²) in [6, 6.07) is 13.7. The predicted molar refractivity (Wildman–Crippen MR) is 109 cm³/mol. The molecule has 2 aromatic rings. The minimum absolute atomic E-state index is 0.0686. The number of sulfonamides is 1. The summed E-state index contributed by atoms with van der Waals surface area (Å²) in [5.74, 6) is 0.585. The van der Waals surface area contributed by atoms with E-state index in [1.54, 1.807) is 6.07 Å². The van der Waals surface area contributed by atoms with Gasteiger partial charge in [-0.3, -0.25) is 4.79 Å². The molecule has 0 spiro atoms. The lowest BCUT2D eigenvalue weighted by Gasteiger charge is -2.24. The van der Waals surface area contributed by atoms with Gasteiger partial charge in [0.05, 0.1) is 11.4 Å². The summed E-state index contributed by atoms with van der Waals surface area (Å²) in [6.45, 7) is 3.19. The van der Waals surface area contributed by atoms with Crippen LogP contribution in [0.5, 0.6) is 11.5 Å². The number of ether oxygens (including phenoxy) is 2. The molecule has 8 heteroatoms. The molecule has 1 aliphatic rings. The second-order valence-electron chi connectivity index (χ2n) is 6.77. The summed E-state index contributed by atoms with van der Waals surface area (Å²) in [5, 5.41) is 2.78. The molecule has 0 atom stereocenters. The zero-order valence-electron chi connectivity index (χ0n) is 16.5. The third kappa shape index (κ3) is 5.48. The Hall–Kier alpha value is -2.58. The van der Waals surface area contributed by atoms with E-state index in [1.165, 1.54) is 16.4 Å². The Morgan fingerprint density at radius 1 is 1.07 bits per heavy atom. The number of amides is 1. The number of carbonyl (C=O) groups is 1. The van der Waals surface area contributed by atoms with Crippen molar-refractivity contribution in [2.75, 3.05) is 26.3 Å². The molecular weight excluding hydrogens is 392 g/mol. The van der Waals surface area contributed by atoms with E-state index in [0.717, 1.165) is 18.4 Å². The van der Waals surface area contributed by atoms with Crippen LogP contribution in [0.2, 0.25) is 0 Å². The van der Waals surface area contributed by atoms with Crippen LogP contribution >= 0.6 is 0 Å². The van der Waals surface area contributed by atoms with Gasteiger partial charge in [0.15, 0.2) is 11.5 Å². The molecule has 3 rings (SSSR count). The maximum atomic E-state index is 13.3. The number of carbonyl (C=O) groups excluding carboxylic acids is 1. The molecule has 1 heterocycles. The molecule has 29 heavy (non-hydrogen) atoms. The van der Waals surface area contributed by atoms with Gasteiger partial charge in [0.1, 0.15) is 13.2 Å². The van der Waals surface area contributed by atoms with E-state index in [0.29, 0.717) is 31.3 Å². The Labute approximate surface area is 171 Å². The average Bonchev–Trinajstić information content (AvgIpc) is 2.74. The van der Waals surface area contributed by atoms with Crippen molar-refractivity contribution < 1.29 is 22.7 Å². The molecule has 0 unspecified atom stereocenters. The van der Waals surface area contributed by atoms with Crippen molar-refractivity contribution in [2.24, 2.45) is 0 Å². The molecule has 0 aromatic heterocycles. The molecule has 0 saturated heterocycles. The highest BCUT2D eigenvalue weighted by atomic mass is 32.2. The Morgan fingerprint density at radius 3 is 2.52 bits per heavy atom. The summed E-state index contributed by atoms with van der Waals surface area (Å²) >= 11 is 0. The lowest BCUT2D eigenvalue weighted by atomic mass is 10.2. The van der Waals surface area contributed by atoms with Crippen LogP contribution in [0.1, 0.15) is 25.3 Å². The number of benzene rings is 2. The third-order valence-electron chi connectivity index (χ3n) is 4.53. The molecular formula is C21H26N2O5S. The normalized spacial score (nSPS) is 13.3. The lowest BCUT2D eigenvalue weighted by molar-refractivity contribution is -0.121. The Bertz CT molecular complexity index is 931. The fourth-order valence-corrected chi connectivity index (χ4v) is 4.37. The summed E-state index contributed by atoms with van der Waals surface area (Å²) in [7, 11) is -3.92. The fraction of sp³-hybridized carbons (Fsp3) is 0.381. The van der Waals surface area contributed by atoms with E-state index < -0.39 is 10.0 Å². The highest BCUT2D eigenvalue weighted by Gasteiger charge is 2.28. The van der Waals surface area contributed by atoms with Crippen LogP contribution in [0.4, 0.5) is 0 Å². The van der Waals surface area contributed by atoms with E-state index in [9.17, 15) is 13.2 Å². The van der Waals surface area contributed by atoms with Gasteiger partial charge in [-0.2, -0.15) is 4.31 Å². The molecule has 0 saturated carbocycles. The zero-order valence-corrected chi connectivity index (χ0v) is 17.3. The van der Waals surface area contributed by atoms with Crippen molar-refractivity contribution in [3.05, 3.63) is 54.1 Å².